The van der Waals surface area contributed by atoms with Crippen molar-refractivity contribution >= 4 is 21.6 Å². The third-order valence-corrected chi connectivity index (χ3v) is 5.12. The SMILES string of the molecule is COc1cccc(C(CNS(=O)(=O)c2ccc(F)c(Cl)c2)OC)c1. The lowest BCUT2D eigenvalue weighted by Gasteiger charge is -2.17. The molecule has 130 valence electrons. The number of hydrogen-bond acceptors (Lipinski definition) is 4. The topological polar surface area (TPSA) is 64.6 Å². The normalized spacial score (nSPS) is 12.8. The quantitative estimate of drug-likeness (QED) is 0.809. The molecule has 0 radical (unpaired) electrons. The van der Waals surface area contributed by atoms with Crippen LogP contribution in [0, 0.1) is 5.82 Å². The van der Waals surface area contributed by atoms with Gasteiger partial charge in [-0.2, -0.15) is 0 Å². The summed E-state index contributed by atoms with van der Waals surface area (Å²) in [5.41, 5.74) is 0.761. The van der Waals surface area contributed by atoms with Crippen LogP contribution in [-0.4, -0.2) is 29.2 Å². The summed E-state index contributed by atoms with van der Waals surface area (Å²) in [7, 11) is -0.818. The summed E-state index contributed by atoms with van der Waals surface area (Å²) in [6.45, 7) is 0.000989. The highest BCUT2D eigenvalue weighted by molar-refractivity contribution is 7.89. The molecule has 0 amide bonds. The minimum Gasteiger partial charge on any atom is -0.497 e. The third kappa shape index (κ3) is 4.45. The van der Waals surface area contributed by atoms with Crippen molar-refractivity contribution in [1.29, 1.82) is 0 Å². The van der Waals surface area contributed by atoms with Gasteiger partial charge in [-0.25, -0.2) is 17.5 Å². The van der Waals surface area contributed by atoms with Crippen molar-refractivity contribution in [3.05, 3.63) is 58.9 Å². The molecule has 0 heterocycles. The Balaban J connectivity index is 2.15. The minimum absolute atomic E-state index is 0.000989. The lowest BCUT2D eigenvalue weighted by Crippen LogP contribution is -2.29. The van der Waals surface area contributed by atoms with Gasteiger partial charge in [0.1, 0.15) is 11.6 Å². The van der Waals surface area contributed by atoms with Gasteiger partial charge in [0.15, 0.2) is 0 Å². The number of nitrogens with one attached hydrogen (secondary N) is 1. The van der Waals surface area contributed by atoms with E-state index in [9.17, 15) is 12.8 Å². The molecule has 2 aromatic rings. The number of ether oxygens (including phenoxy) is 2. The molecule has 5 nitrogen and oxygen atoms in total. The Morgan fingerprint density at radius 1 is 1.21 bits per heavy atom. The van der Waals surface area contributed by atoms with E-state index in [4.69, 9.17) is 21.1 Å². The summed E-state index contributed by atoms with van der Waals surface area (Å²) in [5, 5.41) is -0.256. The van der Waals surface area contributed by atoms with Gasteiger partial charge in [0, 0.05) is 13.7 Å². The second-order valence-corrected chi connectivity index (χ2v) is 7.10. The van der Waals surface area contributed by atoms with E-state index in [-0.39, 0.29) is 16.5 Å². The van der Waals surface area contributed by atoms with Crippen molar-refractivity contribution in [2.24, 2.45) is 0 Å². The first-order valence-corrected chi connectivity index (χ1v) is 8.85. The minimum atomic E-state index is -3.84. The van der Waals surface area contributed by atoms with Crippen LogP contribution in [0.4, 0.5) is 4.39 Å². The van der Waals surface area contributed by atoms with Crippen LogP contribution >= 0.6 is 11.6 Å². The van der Waals surface area contributed by atoms with Gasteiger partial charge in [0.05, 0.1) is 23.1 Å². The molecule has 0 spiro atoms. The van der Waals surface area contributed by atoms with Gasteiger partial charge >= 0.3 is 0 Å². The second-order valence-electron chi connectivity index (χ2n) is 4.93. The van der Waals surface area contributed by atoms with Crippen LogP contribution in [-0.2, 0) is 14.8 Å². The fourth-order valence-electron chi connectivity index (χ4n) is 2.09. The standard InChI is InChI=1S/C16H17ClFNO4S/c1-22-12-5-3-4-11(8-12)16(23-2)10-19-24(20,21)13-6-7-15(18)14(17)9-13/h3-9,16,19H,10H2,1-2H3. The van der Waals surface area contributed by atoms with Crippen LogP contribution in [0.1, 0.15) is 11.7 Å². The molecule has 24 heavy (non-hydrogen) atoms. The van der Waals surface area contributed by atoms with Gasteiger partial charge in [0.2, 0.25) is 10.0 Å². The lowest BCUT2D eigenvalue weighted by atomic mass is 10.1. The van der Waals surface area contributed by atoms with Gasteiger partial charge in [-0.05, 0) is 35.9 Å². The van der Waals surface area contributed by atoms with Gasteiger partial charge in [0.25, 0.3) is 0 Å². The Bertz CT molecular complexity index is 813. The Hall–Kier alpha value is -1.67. The molecule has 2 aromatic carbocycles. The molecule has 0 aliphatic rings. The van der Waals surface area contributed by atoms with Crippen LogP contribution in [0.3, 0.4) is 0 Å². The molecular formula is C16H17ClFNO4S. The molecule has 0 aliphatic carbocycles. The Kier molecular flexibility index (Phi) is 6.17. The number of halogens is 2. The van der Waals surface area contributed by atoms with Gasteiger partial charge in [-0.15, -0.1) is 0 Å². The van der Waals surface area contributed by atoms with E-state index in [0.717, 1.165) is 23.8 Å². The molecular weight excluding hydrogens is 357 g/mol. The molecule has 1 N–H and O–H groups in total. The predicted octanol–water partition coefficient (Wildman–Crippen LogP) is 3.15. The van der Waals surface area contributed by atoms with Gasteiger partial charge < -0.3 is 9.47 Å². The molecule has 0 aliphatic heterocycles. The molecule has 2 rings (SSSR count). The molecule has 1 unspecified atom stereocenters. The highest BCUT2D eigenvalue weighted by atomic mass is 35.5. The average Bonchev–Trinajstić information content (AvgIpc) is 2.58. The number of methoxy groups -OCH3 is 2. The summed E-state index contributed by atoms with van der Waals surface area (Å²) in [5.74, 6) is -0.0375. The molecule has 0 saturated carbocycles. The molecule has 1 atom stereocenters. The van der Waals surface area contributed by atoms with Crippen LogP contribution in [0.5, 0.6) is 5.75 Å². The maximum Gasteiger partial charge on any atom is 0.240 e. The Morgan fingerprint density at radius 3 is 2.58 bits per heavy atom. The van der Waals surface area contributed by atoms with Crippen LogP contribution in [0.25, 0.3) is 0 Å². The molecule has 8 heteroatoms. The molecule has 0 aromatic heterocycles. The van der Waals surface area contributed by atoms with Crippen molar-refractivity contribution in [2.45, 2.75) is 11.0 Å². The summed E-state index contributed by atoms with van der Waals surface area (Å²) >= 11 is 5.63. The maximum atomic E-state index is 13.2. The first-order chi connectivity index (χ1) is 11.4. The first-order valence-electron chi connectivity index (χ1n) is 6.99. The van der Waals surface area contributed by atoms with Crippen LogP contribution < -0.4 is 9.46 Å². The van der Waals surface area contributed by atoms with E-state index in [1.54, 1.807) is 31.4 Å². The van der Waals surface area contributed by atoms with Crippen LogP contribution in [0.15, 0.2) is 47.4 Å². The van der Waals surface area contributed by atoms with Gasteiger partial charge in [-0.1, -0.05) is 23.7 Å². The Labute approximate surface area is 145 Å². The highest BCUT2D eigenvalue weighted by Crippen LogP contribution is 2.23. The summed E-state index contributed by atoms with van der Waals surface area (Å²) < 4.78 is 50.7. The number of hydrogen-bond donors (Lipinski definition) is 1. The van der Waals surface area contributed by atoms with E-state index >= 15 is 0 Å². The summed E-state index contributed by atoms with van der Waals surface area (Å²) in [4.78, 5) is -0.116. The second kappa shape index (κ2) is 7.94. The average molecular weight is 374 g/mol. The van der Waals surface area contributed by atoms with E-state index in [1.165, 1.54) is 7.11 Å². The number of rotatable bonds is 7. The van der Waals surface area contributed by atoms with Crippen molar-refractivity contribution in [2.75, 3.05) is 20.8 Å². The predicted molar refractivity (Wildman–Crippen MR) is 89.3 cm³/mol. The zero-order valence-electron chi connectivity index (χ0n) is 13.1. The zero-order chi connectivity index (χ0) is 17.7. The highest BCUT2D eigenvalue weighted by Gasteiger charge is 2.19. The van der Waals surface area contributed by atoms with E-state index in [0.29, 0.717) is 5.75 Å². The summed E-state index contributed by atoms with van der Waals surface area (Å²) in [6, 6.07) is 10.3. The number of benzene rings is 2. The Morgan fingerprint density at radius 2 is 1.96 bits per heavy atom. The summed E-state index contributed by atoms with van der Waals surface area (Å²) in [6.07, 6.45) is -0.509. The van der Waals surface area contributed by atoms with E-state index in [2.05, 4.69) is 4.72 Å². The molecule has 0 saturated heterocycles. The van der Waals surface area contributed by atoms with Crippen molar-refractivity contribution in [3.63, 3.8) is 0 Å². The maximum absolute atomic E-state index is 13.2. The van der Waals surface area contributed by atoms with E-state index < -0.39 is 21.9 Å². The third-order valence-electron chi connectivity index (χ3n) is 3.41. The zero-order valence-corrected chi connectivity index (χ0v) is 14.7. The first kappa shape index (κ1) is 18.7. The van der Waals surface area contributed by atoms with Crippen molar-refractivity contribution in [1.82, 2.24) is 4.72 Å². The van der Waals surface area contributed by atoms with Crippen LogP contribution in [0.2, 0.25) is 5.02 Å². The smallest absolute Gasteiger partial charge is 0.240 e. The fourth-order valence-corrected chi connectivity index (χ4v) is 3.39. The van der Waals surface area contributed by atoms with Crippen molar-refractivity contribution in [3.8, 4) is 5.75 Å². The van der Waals surface area contributed by atoms with E-state index in [1.807, 2.05) is 0 Å². The molecule has 0 bridgehead atoms. The largest absolute Gasteiger partial charge is 0.497 e. The fraction of sp³-hybridized carbons (Fsp3) is 0.250. The van der Waals surface area contributed by atoms with Gasteiger partial charge in [-0.3, -0.25) is 0 Å². The van der Waals surface area contributed by atoms with Crippen molar-refractivity contribution < 1.29 is 22.3 Å². The lowest BCUT2D eigenvalue weighted by molar-refractivity contribution is 0.107. The number of sulfonamides is 1. The monoisotopic (exact) mass is 373 g/mol. The molecule has 0 fully saturated rings.